The highest BCUT2D eigenvalue weighted by Gasteiger charge is 2.25. The van der Waals surface area contributed by atoms with E-state index in [9.17, 15) is 4.79 Å². The summed E-state index contributed by atoms with van der Waals surface area (Å²) < 4.78 is 5.15. The van der Waals surface area contributed by atoms with Gasteiger partial charge >= 0.3 is 0 Å². The van der Waals surface area contributed by atoms with E-state index in [0.717, 1.165) is 24.2 Å². The van der Waals surface area contributed by atoms with Gasteiger partial charge in [-0.25, -0.2) is 0 Å². The molecule has 4 nitrogen and oxygen atoms in total. The number of carbonyl (C=O) groups is 1. The standard InChI is InChI=1S/C13H16N2O2/c1-3-5-11-13(16)15-12(14-11)9-6-4-7-10(8-9)17-2/h4,6-8,11H,3,5H2,1-2H3,(H,14,15,16). The smallest absolute Gasteiger partial charge is 0.250 e. The van der Waals surface area contributed by atoms with Crippen molar-refractivity contribution in [2.75, 3.05) is 7.11 Å². The first-order valence-corrected chi connectivity index (χ1v) is 5.77. The quantitative estimate of drug-likeness (QED) is 0.859. The van der Waals surface area contributed by atoms with Gasteiger partial charge in [0.1, 0.15) is 17.6 Å². The van der Waals surface area contributed by atoms with E-state index in [4.69, 9.17) is 4.74 Å². The molecule has 0 saturated carbocycles. The van der Waals surface area contributed by atoms with E-state index < -0.39 is 0 Å². The van der Waals surface area contributed by atoms with Gasteiger partial charge in [-0.2, -0.15) is 0 Å². The molecular weight excluding hydrogens is 216 g/mol. The molecule has 0 aromatic heterocycles. The van der Waals surface area contributed by atoms with Crippen LogP contribution < -0.4 is 10.1 Å². The maximum absolute atomic E-state index is 11.6. The van der Waals surface area contributed by atoms with Gasteiger partial charge in [-0.05, 0) is 18.6 Å². The van der Waals surface area contributed by atoms with Crippen molar-refractivity contribution in [3.63, 3.8) is 0 Å². The molecule has 0 radical (unpaired) electrons. The van der Waals surface area contributed by atoms with Crippen LogP contribution in [0.5, 0.6) is 5.75 Å². The van der Waals surface area contributed by atoms with Crippen LogP contribution in [0.1, 0.15) is 25.3 Å². The van der Waals surface area contributed by atoms with Crippen LogP contribution in [0.15, 0.2) is 29.3 Å². The van der Waals surface area contributed by atoms with Crippen LogP contribution >= 0.6 is 0 Å². The second-order valence-corrected chi connectivity index (χ2v) is 4.00. The Kier molecular flexibility index (Phi) is 3.42. The number of ether oxygens (including phenoxy) is 1. The van der Waals surface area contributed by atoms with Crippen LogP contribution in [0.4, 0.5) is 0 Å². The monoisotopic (exact) mass is 232 g/mol. The first-order valence-electron chi connectivity index (χ1n) is 5.77. The highest BCUT2D eigenvalue weighted by molar-refractivity contribution is 6.13. The molecule has 1 heterocycles. The number of carbonyl (C=O) groups excluding carboxylic acids is 1. The highest BCUT2D eigenvalue weighted by Crippen LogP contribution is 2.16. The summed E-state index contributed by atoms with van der Waals surface area (Å²) in [5, 5.41) is 2.81. The molecule has 1 aliphatic rings. The summed E-state index contributed by atoms with van der Waals surface area (Å²) >= 11 is 0. The third kappa shape index (κ3) is 2.46. The Labute approximate surface area is 101 Å². The third-order valence-corrected chi connectivity index (χ3v) is 2.73. The zero-order valence-corrected chi connectivity index (χ0v) is 10.1. The van der Waals surface area contributed by atoms with Crippen LogP contribution in [-0.4, -0.2) is 24.9 Å². The Bertz CT molecular complexity index is 454. The fraction of sp³-hybridized carbons (Fsp3) is 0.385. The van der Waals surface area contributed by atoms with E-state index >= 15 is 0 Å². The molecule has 1 N–H and O–H groups in total. The first kappa shape index (κ1) is 11.6. The van der Waals surface area contributed by atoms with Crippen molar-refractivity contribution in [1.82, 2.24) is 5.32 Å². The number of nitrogens with zero attached hydrogens (tertiary/aromatic N) is 1. The topological polar surface area (TPSA) is 50.7 Å². The average molecular weight is 232 g/mol. The van der Waals surface area contributed by atoms with E-state index in [1.807, 2.05) is 31.2 Å². The van der Waals surface area contributed by atoms with Gasteiger partial charge in [0, 0.05) is 5.56 Å². The predicted molar refractivity (Wildman–Crippen MR) is 66.4 cm³/mol. The Balaban J connectivity index is 2.22. The maximum atomic E-state index is 11.6. The molecule has 2 rings (SSSR count). The SMILES string of the molecule is CCCC1N=C(c2cccc(OC)c2)NC1=O. The minimum atomic E-state index is -0.235. The summed E-state index contributed by atoms with van der Waals surface area (Å²) in [5.41, 5.74) is 0.885. The summed E-state index contributed by atoms with van der Waals surface area (Å²) in [7, 11) is 1.62. The number of nitrogens with one attached hydrogen (secondary N) is 1. The van der Waals surface area contributed by atoms with Crippen molar-refractivity contribution in [2.45, 2.75) is 25.8 Å². The number of hydrogen-bond acceptors (Lipinski definition) is 3. The molecule has 17 heavy (non-hydrogen) atoms. The van der Waals surface area contributed by atoms with Crippen molar-refractivity contribution >= 4 is 11.7 Å². The number of amidine groups is 1. The summed E-state index contributed by atoms with van der Waals surface area (Å²) in [6.07, 6.45) is 1.74. The highest BCUT2D eigenvalue weighted by atomic mass is 16.5. The molecule has 1 aromatic carbocycles. The van der Waals surface area contributed by atoms with Crippen LogP contribution in [0, 0.1) is 0 Å². The van der Waals surface area contributed by atoms with Gasteiger partial charge in [0.25, 0.3) is 0 Å². The largest absolute Gasteiger partial charge is 0.497 e. The van der Waals surface area contributed by atoms with E-state index in [0.29, 0.717) is 5.84 Å². The lowest BCUT2D eigenvalue weighted by molar-refractivity contribution is -0.120. The molecule has 90 valence electrons. The van der Waals surface area contributed by atoms with Crippen molar-refractivity contribution in [1.29, 1.82) is 0 Å². The van der Waals surface area contributed by atoms with E-state index in [1.165, 1.54) is 0 Å². The molecular formula is C13H16N2O2. The Morgan fingerprint density at radius 3 is 3.00 bits per heavy atom. The van der Waals surface area contributed by atoms with Gasteiger partial charge < -0.3 is 10.1 Å². The molecule has 0 saturated heterocycles. The van der Waals surface area contributed by atoms with Gasteiger partial charge in [0.05, 0.1) is 7.11 Å². The summed E-state index contributed by atoms with van der Waals surface area (Å²) in [5.74, 6) is 1.40. The number of hydrogen-bond donors (Lipinski definition) is 1. The number of amides is 1. The summed E-state index contributed by atoms with van der Waals surface area (Å²) in [6.45, 7) is 2.05. The van der Waals surface area contributed by atoms with E-state index in [-0.39, 0.29) is 11.9 Å². The van der Waals surface area contributed by atoms with Crippen molar-refractivity contribution in [2.24, 2.45) is 4.99 Å². The second kappa shape index (κ2) is 4.99. The fourth-order valence-corrected chi connectivity index (χ4v) is 1.83. The third-order valence-electron chi connectivity index (χ3n) is 2.73. The predicted octanol–water partition coefficient (Wildman–Crippen LogP) is 1.74. The minimum Gasteiger partial charge on any atom is -0.497 e. The molecule has 1 aromatic rings. The van der Waals surface area contributed by atoms with Gasteiger partial charge in [-0.1, -0.05) is 25.5 Å². The zero-order valence-electron chi connectivity index (χ0n) is 10.1. The molecule has 1 aliphatic heterocycles. The summed E-state index contributed by atoms with van der Waals surface area (Å²) in [4.78, 5) is 16.1. The van der Waals surface area contributed by atoms with Gasteiger partial charge in [-0.3, -0.25) is 9.79 Å². The maximum Gasteiger partial charge on any atom is 0.250 e. The molecule has 0 fully saturated rings. The zero-order chi connectivity index (χ0) is 12.3. The lowest BCUT2D eigenvalue weighted by Crippen LogP contribution is -2.29. The van der Waals surface area contributed by atoms with E-state index in [2.05, 4.69) is 10.3 Å². The first-order chi connectivity index (χ1) is 8.24. The fourth-order valence-electron chi connectivity index (χ4n) is 1.83. The molecule has 1 amide bonds. The molecule has 1 atom stereocenters. The normalized spacial score (nSPS) is 18.8. The minimum absolute atomic E-state index is 0.00956. The van der Waals surface area contributed by atoms with Crippen LogP contribution in [-0.2, 0) is 4.79 Å². The number of methoxy groups -OCH3 is 1. The van der Waals surface area contributed by atoms with Crippen molar-refractivity contribution in [3.8, 4) is 5.75 Å². The molecule has 0 aliphatic carbocycles. The van der Waals surface area contributed by atoms with Crippen molar-refractivity contribution in [3.05, 3.63) is 29.8 Å². The molecule has 4 heteroatoms. The Morgan fingerprint density at radius 2 is 2.29 bits per heavy atom. The van der Waals surface area contributed by atoms with Gasteiger partial charge in [-0.15, -0.1) is 0 Å². The number of aliphatic imine (C=N–C) groups is 1. The summed E-state index contributed by atoms with van der Waals surface area (Å²) in [6, 6.07) is 7.30. The van der Waals surface area contributed by atoms with Crippen molar-refractivity contribution < 1.29 is 9.53 Å². The van der Waals surface area contributed by atoms with Gasteiger partial charge in [0.2, 0.25) is 5.91 Å². The van der Waals surface area contributed by atoms with Crippen LogP contribution in [0.25, 0.3) is 0 Å². The van der Waals surface area contributed by atoms with Crippen LogP contribution in [0.2, 0.25) is 0 Å². The van der Waals surface area contributed by atoms with Gasteiger partial charge in [0.15, 0.2) is 0 Å². The average Bonchev–Trinajstić information content (AvgIpc) is 2.72. The van der Waals surface area contributed by atoms with Crippen LogP contribution in [0.3, 0.4) is 0 Å². The lowest BCUT2D eigenvalue weighted by atomic mass is 10.2. The second-order valence-electron chi connectivity index (χ2n) is 4.00. The lowest BCUT2D eigenvalue weighted by Gasteiger charge is -2.03. The molecule has 0 spiro atoms. The Hall–Kier alpha value is -1.84. The molecule has 0 bridgehead atoms. The Morgan fingerprint density at radius 1 is 1.47 bits per heavy atom. The number of rotatable bonds is 4. The van der Waals surface area contributed by atoms with E-state index in [1.54, 1.807) is 7.11 Å². The molecule has 1 unspecified atom stereocenters. The number of benzene rings is 1.